The average Bonchev–Trinajstić information content (AvgIpc) is 3.33. The predicted octanol–water partition coefficient (Wildman–Crippen LogP) is 3.28. The maximum absolute atomic E-state index is 13.1. The third-order valence-electron chi connectivity index (χ3n) is 4.91. The van der Waals surface area contributed by atoms with Crippen LogP contribution >= 0.6 is 11.3 Å². The molecule has 0 spiro atoms. The van der Waals surface area contributed by atoms with Crippen LogP contribution < -0.4 is 11.2 Å². The highest BCUT2D eigenvalue weighted by molar-refractivity contribution is 7.22. The molecular formula is C19H16N4O3S. The number of nitrogens with one attached hydrogen (secondary N) is 1. The quantitative estimate of drug-likeness (QED) is 0.589. The van der Waals surface area contributed by atoms with E-state index in [1.165, 1.54) is 11.3 Å². The largest absolute Gasteiger partial charge is 0.361 e. The zero-order chi connectivity index (χ0) is 18.7. The van der Waals surface area contributed by atoms with Crippen molar-refractivity contribution >= 4 is 21.6 Å². The van der Waals surface area contributed by atoms with Crippen LogP contribution in [0, 0.1) is 13.8 Å². The Balaban J connectivity index is 1.72. The molecule has 0 radical (unpaired) electrons. The second kappa shape index (κ2) is 5.75. The third-order valence-corrected chi connectivity index (χ3v) is 6.05. The molecule has 7 nitrogen and oxygen atoms in total. The van der Waals surface area contributed by atoms with Gasteiger partial charge in [0.1, 0.15) is 10.5 Å². The van der Waals surface area contributed by atoms with Gasteiger partial charge in [-0.2, -0.15) is 0 Å². The number of hydrogen-bond donors (Lipinski definition) is 1. The average molecular weight is 380 g/mol. The van der Waals surface area contributed by atoms with Crippen molar-refractivity contribution in [3.05, 3.63) is 62.4 Å². The van der Waals surface area contributed by atoms with Gasteiger partial charge >= 0.3 is 5.69 Å². The van der Waals surface area contributed by atoms with Crippen LogP contribution in [0.4, 0.5) is 0 Å². The van der Waals surface area contributed by atoms with Gasteiger partial charge in [0.25, 0.3) is 5.56 Å². The number of aromatic amines is 1. The van der Waals surface area contributed by atoms with Crippen LogP contribution in [0.1, 0.15) is 35.8 Å². The number of fused-ring (bicyclic) bond motifs is 1. The normalized spacial score (nSPS) is 14.1. The minimum absolute atomic E-state index is 0.341. The van der Waals surface area contributed by atoms with Crippen molar-refractivity contribution in [1.82, 2.24) is 19.7 Å². The first-order chi connectivity index (χ1) is 13.0. The van der Waals surface area contributed by atoms with E-state index in [1.807, 2.05) is 19.9 Å². The maximum atomic E-state index is 13.1. The Bertz CT molecular complexity index is 1290. The van der Waals surface area contributed by atoms with Gasteiger partial charge in [-0.15, -0.1) is 11.3 Å². The minimum atomic E-state index is -0.467. The number of hydrogen-bond acceptors (Lipinski definition) is 6. The van der Waals surface area contributed by atoms with Crippen molar-refractivity contribution in [3.63, 3.8) is 0 Å². The summed E-state index contributed by atoms with van der Waals surface area (Å²) in [6.07, 6.45) is 5.61. The van der Waals surface area contributed by atoms with Crippen LogP contribution in [0.25, 0.3) is 26.3 Å². The van der Waals surface area contributed by atoms with E-state index in [2.05, 4.69) is 15.1 Å². The summed E-state index contributed by atoms with van der Waals surface area (Å²) < 4.78 is 6.88. The van der Waals surface area contributed by atoms with E-state index in [9.17, 15) is 9.59 Å². The van der Waals surface area contributed by atoms with Crippen molar-refractivity contribution in [1.29, 1.82) is 0 Å². The van der Waals surface area contributed by atoms with E-state index in [0.29, 0.717) is 27.6 Å². The number of pyridine rings is 1. The molecule has 1 fully saturated rings. The van der Waals surface area contributed by atoms with Crippen molar-refractivity contribution < 1.29 is 4.52 Å². The Kier molecular flexibility index (Phi) is 3.45. The van der Waals surface area contributed by atoms with Crippen LogP contribution in [0.15, 0.2) is 38.6 Å². The van der Waals surface area contributed by atoms with E-state index in [0.717, 1.165) is 39.1 Å². The Morgan fingerprint density at radius 2 is 2.04 bits per heavy atom. The van der Waals surface area contributed by atoms with Gasteiger partial charge in [-0.05, 0) is 50.3 Å². The monoisotopic (exact) mass is 380 g/mol. The number of aromatic nitrogens is 4. The van der Waals surface area contributed by atoms with Gasteiger partial charge in [0, 0.05) is 11.1 Å². The summed E-state index contributed by atoms with van der Waals surface area (Å²) in [4.78, 5) is 33.6. The van der Waals surface area contributed by atoms with E-state index < -0.39 is 5.69 Å². The summed E-state index contributed by atoms with van der Waals surface area (Å²) in [7, 11) is 0. The van der Waals surface area contributed by atoms with Crippen molar-refractivity contribution in [2.45, 2.75) is 32.6 Å². The highest BCUT2D eigenvalue weighted by atomic mass is 32.1. The zero-order valence-corrected chi connectivity index (χ0v) is 15.6. The van der Waals surface area contributed by atoms with Crippen LogP contribution in [0.5, 0.6) is 0 Å². The maximum Gasteiger partial charge on any atom is 0.333 e. The van der Waals surface area contributed by atoms with Crippen LogP contribution in [-0.4, -0.2) is 19.7 Å². The number of thiophene rings is 1. The fourth-order valence-electron chi connectivity index (χ4n) is 3.41. The lowest BCUT2D eigenvalue weighted by Gasteiger charge is -2.06. The molecule has 0 aliphatic heterocycles. The van der Waals surface area contributed by atoms with Crippen LogP contribution in [0.2, 0.25) is 0 Å². The van der Waals surface area contributed by atoms with Gasteiger partial charge in [-0.3, -0.25) is 9.78 Å². The van der Waals surface area contributed by atoms with Gasteiger partial charge in [-0.25, -0.2) is 9.36 Å². The molecule has 4 heterocycles. The second-order valence-electron chi connectivity index (χ2n) is 6.87. The van der Waals surface area contributed by atoms with E-state index in [1.54, 1.807) is 18.5 Å². The lowest BCUT2D eigenvalue weighted by Crippen LogP contribution is -2.33. The lowest BCUT2D eigenvalue weighted by atomic mass is 10.1. The third kappa shape index (κ3) is 2.56. The highest BCUT2D eigenvalue weighted by Crippen LogP contribution is 2.40. The van der Waals surface area contributed by atoms with Gasteiger partial charge in [0.05, 0.1) is 28.7 Å². The topological polar surface area (TPSA) is 93.8 Å². The van der Waals surface area contributed by atoms with Gasteiger partial charge in [0.2, 0.25) is 0 Å². The SMILES string of the molecule is Cc1noc(C)c1-c1cc2[nH]c(=O)n(-c3cncc(C4CC4)c3)c(=O)c2s1. The molecule has 136 valence electrons. The first-order valence-electron chi connectivity index (χ1n) is 8.70. The van der Waals surface area contributed by atoms with Crippen LogP contribution in [0.3, 0.4) is 0 Å². The predicted molar refractivity (Wildman–Crippen MR) is 103 cm³/mol. The Morgan fingerprint density at radius 3 is 2.74 bits per heavy atom. The summed E-state index contributed by atoms with van der Waals surface area (Å²) in [5, 5.41) is 3.97. The molecule has 1 saturated carbocycles. The molecule has 1 N–H and O–H groups in total. The Morgan fingerprint density at radius 1 is 1.22 bits per heavy atom. The first kappa shape index (κ1) is 16.2. The number of rotatable bonds is 3. The Hall–Kier alpha value is -3.00. The highest BCUT2D eigenvalue weighted by Gasteiger charge is 2.24. The molecule has 0 amide bonds. The first-order valence-corrected chi connectivity index (χ1v) is 9.52. The second-order valence-corrected chi connectivity index (χ2v) is 7.93. The fraction of sp³-hybridized carbons (Fsp3) is 0.263. The molecule has 4 aromatic heterocycles. The number of H-pyrrole nitrogens is 1. The zero-order valence-electron chi connectivity index (χ0n) is 14.8. The fourth-order valence-corrected chi connectivity index (χ4v) is 4.60. The van der Waals surface area contributed by atoms with Gasteiger partial charge in [0.15, 0.2) is 0 Å². The van der Waals surface area contributed by atoms with Crippen molar-refractivity contribution in [2.24, 2.45) is 0 Å². The molecule has 1 aliphatic rings. The molecule has 0 bridgehead atoms. The molecule has 0 atom stereocenters. The van der Waals surface area contributed by atoms with E-state index in [-0.39, 0.29) is 5.56 Å². The lowest BCUT2D eigenvalue weighted by molar-refractivity contribution is 0.393. The van der Waals surface area contributed by atoms with Gasteiger partial charge < -0.3 is 9.51 Å². The molecule has 0 aromatic carbocycles. The molecule has 4 aromatic rings. The molecule has 1 aliphatic carbocycles. The summed E-state index contributed by atoms with van der Waals surface area (Å²) in [6, 6.07) is 3.69. The molecule has 0 saturated heterocycles. The molecule has 5 rings (SSSR count). The summed E-state index contributed by atoms with van der Waals surface area (Å²) in [6.45, 7) is 3.68. The smallest absolute Gasteiger partial charge is 0.333 e. The van der Waals surface area contributed by atoms with Gasteiger partial charge in [-0.1, -0.05) is 5.16 Å². The summed E-state index contributed by atoms with van der Waals surface area (Å²) in [5.74, 6) is 1.17. The molecule has 8 heteroatoms. The molecular weight excluding hydrogens is 364 g/mol. The minimum Gasteiger partial charge on any atom is -0.361 e. The van der Waals surface area contributed by atoms with Crippen molar-refractivity contribution in [2.75, 3.05) is 0 Å². The van der Waals surface area contributed by atoms with Crippen LogP contribution in [-0.2, 0) is 0 Å². The molecule has 27 heavy (non-hydrogen) atoms. The summed E-state index contributed by atoms with van der Waals surface area (Å²) in [5.41, 5.74) is 2.90. The molecule has 0 unspecified atom stereocenters. The Labute approximate surface area is 157 Å². The number of nitrogens with zero attached hydrogens (tertiary/aromatic N) is 3. The standard InChI is InChI=1S/C19H16N4O3S/c1-9-16(10(2)26-22-9)15-6-14-17(27-15)18(24)23(19(25)21-14)13-5-12(7-20-8-13)11-3-4-11/h5-8,11H,3-4H2,1-2H3,(H,21,25). The van der Waals surface area contributed by atoms with E-state index >= 15 is 0 Å². The summed E-state index contributed by atoms with van der Waals surface area (Å²) >= 11 is 1.33. The number of aryl methyl sites for hydroxylation is 2. The van der Waals surface area contributed by atoms with Crippen molar-refractivity contribution in [3.8, 4) is 16.1 Å². The van der Waals surface area contributed by atoms with E-state index in [4.69, 9.17) is 4.52 Å².